The average molecular weight is 420 g/mol. The van der Waals surface area contributed by atoms with E-state index in [1.807, 2.05) is 30.3 Å². The molecule has 0 saturated carbocycles. The lowest BCUT2D eigenvalue weighted by Crippen LogP contribution is -2.26. The molecule has 0 aliphatic rings. The number of aromatic nitrogens is 2. The highest BCUT2D eigenvalue weighted by Crippen LogP contribution is 2.23. The molecular weight excluding hydrogens is 401 g/mol. The van der Waals surface area contributed by atoms with Crippen molar-refractivity contribution >= 4 is 29.1 Å². The molecular formula is C20H19Cl2N3O3. The van der Waals surface area contributed by atoms with Gasteiger partial charge in [0, 0.05) is 19.0 Å². The number of amides is 1. The van der Waals surface area contributed by atoms with Crippen LogP contribution in [0.2, 0.25) is 10.0 Å². The van der Waals surface area contributed by atoms with E-state index in [2.05, 4.69) is 10.1 Å². The number of nitrogens with zero attached hydrogens (tertiary/aromatic N) is 3. The van der Waals surface area contributed by atoms with Crippen molar-refractivity contribution < 1.29 is 14.1 Å². The number of hydrogen-bond acceptors (Lipinski definition) is 5. The van der Waals surface area contributed by atoms with E-state index in [9.17, 15) is 4.79 Å². The van der Waals surface area contributed by atoms with Crippen LogP contribution in [-0.2, 0) is 17.8 Å². The SMILES string of the molecule is COc1ccc(-c2noc(CN(C)C(=O)CCc3ccc(Cl)c(Cl)c3)n2)cc1. The fraction of sp³-hybridized carbons (Fsp3) is 0.250. The molecule has 8 heteroatoms. The Labute approximate surface area is 173 Å². The van der Waals surface area contributed by atoms with E-state index in [1.54, 1.807) is 31.2 Å². The summed E-state index contributed by atoms with van der Waals surface area (Å²) in [4.78, 5) is 18.3. The summed E-state index contributed by atoms with van der Waals surface area (Å²) in [5.41, 5.74) is 1.76. The lowest BCUT2D eigenvalue weighted by Gasteiger charge is -2.14. The van der Waals surface area contributed by atoms with Crippen molar-refractivity contribution in [3.05, 3.63) is 64.0 Å². The third-order valence-corrected chi connectivity index (χ3v) is 4.97. The Morgan fingerprint density at radius 2 is 1.89 bits per heavy atom. The van der Waals surface area contributed by atoms with Crippen LogP contribution in [0.3, 0.4) is 0 Å². The molecule has 0 radical (unpaired) electrons. The third kappa shape index (κ3) is 5.03. The smallest absolute Gasteiger partial charge is 0.246 e. The fourth-order valence-corrected chi connectivity index (χ4v) is 2.93. The van der Waals surface area contributed by atoms with E-state index in [4.69, 9.17) is 32.5 Å². The van der Waals surface area contributed by atoms with Crippen molar-refractivity contribution in [3.63, 3.8) is 0 Å². The van der Waals surface area contributed by atoms with Crippen molar-refractivity contribution in [3.8, 4) is 17.1 Å². The van der Waals surface area contributed by atoms with Crippen LogP contribution in [0.25, 0.3) is 11.4 Å². The largest absolute Gasteiger partial charge is 0.497 e. The van der Waals surface area contributed by atoms with Gasteiger partial charge in [-0.05, 0) is 48.4 Å². The summed E-state index contributed by atoms with van der Waals surface area (Å²) in [7, 11) is 3.31. The predicted octanol–water partition coefficient (Wildman–Crippen LogP) is 4.64. The quantitative estimate of drug-likeness (QED) is 0.557. The second-order valence-electron chi connectivity index (χ2n) is 6.24. The van der Waals surface area contributed by atoms with Gasteiger partial charge in [0.1, 0.15) is 5.75 Å². The van der Waals surface area contributed by atoms with Crippen LogP contribution in [0, 0.1) is 0 Å². The van der Waals surface area contributed by atoms with Crippen LogP contribution in [0.4, 0.5) is 0 Å². The topological polar surface area (TPSA) is 68.5 Å². The fourth-order valence-electron chi connectivity index (χ4n) is 2.60. The molecule has 3 rings (SSSR count). The van der Waals surface area contributed by atoms with Gasteiger partial charge in [0.15, 0.2) is 0 Å². The zero-order chi connectivity index (χ0) is 20.1. The van der Waals surface area contributed by atoms with E-state index >= 15 is 0 Å². The molecule has 6 nitrogen and oxygen atoms in total. The minimum atomic E-state index is -0.0322. The van der Waals surface area contributed by atoms with Gasteiger partial charge in [0.25, 0.3) is 0 Å². The second kappa shape index (κ2) is 9.08. The molecule has 146 valence electrons. The molecule has 2 aromatic carbocycles. The Balaban J connectivity index is 1.56. The Morgan fingerprint density at radius 1 is 1.14 bits per heavy atom. The molecule has 3 aromatic rings. The van der Waals surface area contributed by atoms with Crippen LogP contribution in [0.1, 0.15) is 17.9 Å². The Morgan fingerprint density at radius 3 is 2.57 bits per heavy atom. The number of carbonyl (C=O) groups excluding carboxylic acids is 1. The first-order valence-corrected chi connectivity index (χ1v) is 9.37. The number of benzene rings is 2. The van der Waals surface area contributed by atoms with Gasteiger partial charge in [0.05, 0.1) is 23.7 Å². The molecule has 0 bridgehead atoms. The number of rotatable bonds is 7. The highest BCUT2D eigenvalue weighted by molar-refractivity contribution is 6.42. The van der Waals surface area contributed by atoms with E-state index in [1.165, 1.54) is 0 Å². The van der Waals surface area contributed by atoms with Crippen LogP contribution in [-0.4, -0.2) is 35.1 Å². The number of aryl methyl sites for hydroxylation is 1. The van der Waals surface area contributed by atoms with Gasteiger partial charge in [-0.25, -0.2) is 0 Å². The molecule has 0 fully saturated rings. The van der Waals surface area contributed by atoms with Gasteiger partial charge in [-0.1, -0.05) is 34.4 Å². The van der Waals surface area contributed by atoms with E-state index < -0.39 is 0 Å². The highest BCUT2D eigenvalue weighted by Gasteiger charge is 2.15. The van der Waals surface area contributed by atoms with E-state index in [-0.39, 0.29) is 12.5 Å². The summed E-state index contributed by atoms with van der Waals surface area (Å²) in [6.07, 6.45) is 0.912. The average Bonchev–Trinajstić information content (AvgIpc) is 3.17. The van der Waals surface area contributed by atoms with Crippen molar-refractivity contribution in [2.75, 3.05) is 14.2 Å². The summed E-state index contributed by atoms with van der Waals surface area (Å²) < 4.78 is 10.4. The molecule has 0 aliphatic heterocycles. The van der Waals surface area contributed by atoms with Crippen LogP contribution >= 0.6 is 23.2 Å². The van der Waals surface area contributed by atoms with Crippen LogP contribution in [0.5, 0.6) is 5.75 Å². The van der Waals surface area contributed by atoms with Gasteiger partial charge in [0.2, 0.25) is 17.6 Å². The van der Waals surface area contributed by atoms with Gasteiger partial charge in [-0.2, -0.15) is 4.98 Å². The minimum Gasteiger partial charge on any atom is -0.497 e. The minimum absolute atomic E-state index is 0.0322. The normalized spacial score (nSPS) is 10.7. The molecule has 0 spiro atoms. The monoisotopic (exact) mass is 419 g/mol. The zero-order valence-electron chi connectivity index (χ0n) is 15.5. The van der Waals surface area contributed by atoms with Crippen molar-refractivity contribution in [1.82, 2.24) is 15.0 Å². The first kappa shape index (κ1) is 20.2. The molecule has 0 N–H and O–H groups in total. The number of methoxy groups -OCH3 is 1. The summed E-state index contributed by atoms with van der Waals surface area (Å²) in [5, 5.41) is 4.96. The predicted molar refractivity (Wildman–Crippen MR) is 108 cm³/mol. The number of halogens is 2. The molecule has 1 heterocycles. The lowest BCUT2D eigenvalue weighted by atomic mass is 10.1. The van der Waals surface area contributed by atoms with Gasteiger partial charge in [-0.3, -0.25) is 4.79 Å². The number of ether oxygens (including phenoxy) is 1. The maximum atomic E-state index is 12.4. The molecule has 0 atom stereocenters. The van der Waals surface area contributed by atoms with Crippen LogP contribution < -0.4 is 4.74 Å². The van der Waals surface area contributed by atoms with Gasteiger partial charge < -0.3 is 14.2 Å². The molecule has 1 aromatic heterocycles. The summed E-state index contributed by atoms with van der Waals surface area (Å²) in [6, 6.07) is 12.7. The Kier molecular flexibility index (Phi) is 6.54. The van der Waals surface area contributed by atoms with Crippen molar-refractivity contribution in [1.29, 1.82) is 0 Å². The Hall–Kier alpha value is -2.57. The Bertz CT molecular complexity index is 958. The van der Waals surface area contributed by atoms with Gasteiger partial charge >= 0.3 is 0 Å². The molecule has 0 saturated heterocycles. The van der Waals surface area contributed by atoms with Crippen molar-refractivity contribution in [2.45, 2.75) is 19.4 Å². The highest BCUT2D eigenvalue weighted by atomic mass is 35.5. The zero-order valence-corrected chi connectivity index (χ0v) is 17.0. The summed E-state index contributed by atoms with van der Waals surface area (Å²) in [5.74, 6) is 1.56. The summed E-state index contributed by atoms with van der Waals surface area (Å²) >= 11 is 11.9. The molecule has 0 aliphatic carbocycles. The van der Waals surface area contributed by atoms with Crippen LogP contribution in [0.15, 0.2) is 47.0 Å². The summed E-state index contributed by atoms with van der Waals surface area (Å²) in [6.45, 7) is 0.239. The second-order valence-corrected chi connectivity index (χ2v) is 7.05. The number of hydrogen-bond donors (Lipinski definition) is 0. The maximum absolute atomic E-state index is 12.4. The first-order valence-electron chi connectivity index (χ1n) is 8.61. The standard InChI is InChI=1S/C20H19Cl2N3O3/c1-25(19(26)10-4-13-3-9-16(21)17(22)11-13)12-18-23-20(24-28-18)14-5-7-15(27-2)8-6-14/h3,5-9,11H,4,10,12H2,1-2H3. The third-order valence-electron chi connectivity index (χ3n) is 4.23. The van der Waals surface area contributed by atoms with Gasteiger partial charge in [-0.15, -0.1) is 0 Å². The van der Waals surface area contributed by atoms with E-state index in [0.29, 0.717) is 34.6 Å². The van der Waals surface area contributed by atoms with Crippen molar-refractivity contribution in [2.24, 2.45) is 0 Å². The molecule has 0 unspecified atom stereocenters. The lowest BCUT2D eigenvalue weighted by molar-refractivity contribution is -0.130. The molecule has 28 heavy (non-hydrogen) atoms. The molecule has 1 amide bonds. The maximum Gasteiger partial charge on any atom is 0.246 e. The first-order chi connectivity index (χ1) is 13.5. The van der Waals surface area contributed by atoms with E-state index in [0.717, 1.165) is 16.9 Å². The number of carbonyl (C=O) groups is 1.